The average molecular weight is 613 g/mol. The molecule has 7 aromatic carbocycles. The summed E-state index contributed by atoms with van der Waals surface area (Å²) < 4.78 is 4.68. The molecule has 4 nitrogen and oxygen atoms in total. The minimum atomic E-state index is 0.649. The number of hydrogen-bond donors (Lipinski definition) is 0. The summed E-state index contributed by atoms with van der Waals surface area (Å²) in [4.78, 5) is 10.6. The smallest absolute Gasteiger partial charge is 0.235 e. The molecule has 0 aliphatic rings. The van der Waals surface area contributed by atoms with Crippen LogP contribution in [0.5, 0.6) is 0 Å². The van der Waals surface area contributed by atoms with Crippen LogP contribution in [0.15, 0.2) is 170 Å². The molecule has 0 unspecified atom stereocenters. The minimum absolute atomic E-state index is 0.649. The highest BCUT2D eigenvalue weighted by molar-refractivity contribution is 6.26. The molecule has 0 aliphatic heterocycles. The fourth-order valence-corrected chi connectivity index (χ4v) is 7.36. The van der Waals surface area contributed by atoms with Crippen molar-refractivity contribution in [1.29, 1.82) is 0 Å². The zero-order valence-corrected chi connectivity index (χ0v) is 26.0. The van der Waals surface area contributed by atoms with E-state index in [-0.39, 0.29) is 0 Å². The van der Waals surface area contributed by atoms with Crippen LogP contribution < -0.4 is 0 Å². The third kappa shape index (κ3) is 4.03. The molecule has 3 aromatic heterocycles. The summed E-state index contributed by atoms with van der Waals surface area (Å²) >= 11 is 0. The molecular formula is C44H28N4. The molecule has 0 spiro atoms. The van der Waals surface area contributed by atoms with Gasteiger partial charge in [0.15, 0.2) is 0 Å². The molecule has 10 rings (SSSR count). The third-order valence-corrected chi connectivity index (χ3v) is 9.51. The fraction of sp³-hybridized carbons (Fsp3) is 0. The topological polar surface area (TPSA) is 35.6 Å². The van der Waals surface area contributed by atoms with Crippen molar-refractivity contribution in [3.63, 3.8) is 0 Å². The Morgan fingerprint density at radius 1 is 0.375 bits per heavy atom. The van der Waals surface area contributed by atoms with Gasteiger partial charge in [-0.1, -0.05) is 133 Å². The van der Waals surface area contributed by atoms with Gasteiger partial charge in [0, 0.05) is 38.4 Å². The summed E-state index contributed by atoms with van der Waals surface area (Å²) in [5, 5.41) is 7.17. The Morgan fingerprint density at radius 2 is 0.958 bits per heavy atom. The van der Waals surface area contributed by atoms with Crippen LogP contribution in [0.2, 0.25) is 0 Å². The second-order valence-corrected chi connectivity index (χ2v) is 12.3. The summed E-state index contributed by atoms with van der Waals surface area (Å²) in [5.41, 5.74) is 9.50. The first-order valence-electron chi connectivity index (χ1n) is 16.3. The van der Waals surface area contributed by atoms with Gasteiger partial charge in [-0.3, -0.25) is 4.57 Å². The maximum absolute atomic E-state index is 5.30. The van der Waals surface area contributed by atoms with Gasteiger partial charge in [0.1, 0.15) is 0 Å². The number of hydrogen-bond acceptors (Lipinski definition) is 2. The zero-order valence-electron chi connectivity index (χ0n) is 26.0. The lowest BCUT2D eigenvalue weighted by Gasteiger charge is -2.12. The maximum Gasteiger partial charge on any atom is 0.235 e. The van der Waals surface area contributed by atoms with Crippen LogP contribution in [-0.2, 0) is 0 Å². The average Bonchev–Trinajstić information content (AvgIpc) is 3.68. The summed E-state index contributed by atoms with van der Waals surface area (Å²) in [6.07, 6.45) is 0. The lowest BCUT2D eigenvalue weighted by Crippen LogP contribution is -2.04. The number of aromatic nitrogens is 4. The molecule has 0 radical (unpaired) electrons. The highest BCUT2D eigenvalue weighted by Gasteiger charge is 2.22. The van der Waals surface area contributed by atoms with Gasteiger partial charge in [-0.15, -0.1) is 0 Å². The Balaban J connectivity index is 1.35. The van der Waals surface area contributed by atoms with Crippen molar-refractivity contribution < 1.29 is 0 Å². The van der Waals surface area contributed by atoms with Crippen molar-refractivity contribution in [1.82, 2.24) is 19.1 Å². The van der Waals surface area contributed by atoms with Crippen molar-refractivity contribution >= 4 is 54.4 Å². The van der Waals surface area contributed by atoms with E-state index in [1.807, 2.05) is 12.1 Å². The van der Waals surface area contributed by atoms with Gasteiger partial charge in [-0.2, -0.15) is 0 Å². The molecule has 0 bridgehead atoms. The first-order chi connectivity index (χ1) is 23.8. The Bertz CT molecular complexity index is 2770. The first-order valence-corrected chi connectivity index (χ1v) is 16.3. The summed E-state index contributed by atoms with van der Waals surface area (Å²) in [5.74, 6) is 0.649. The van der Waals surface area contributed by atoms with Crippen LogP contribution in [0.25, 0.3) is 88.5 Å². The molecule has 4 heteroatoms. The molecule has 224 valence electrons. The number of rotatable bonds is 4. The van der Waals surface area contributed by atoms with Gasteiger partial charge >= 0.3 is 0 Å². The van der Waals surface area contributed by atoms with Crippen LogP contribution in [0.4, 0.5) is 0 Å². The van der Waals surface area contributed by atoms with Gasteiger partial charge < -0.3 is 4.57 Å². The second-order valence-electron chi connectivity index (χ2n) is 12.3. The van der Waals surface area contributed by atoms with Crippen LogP contribution in [0.3, 0.4) is 0 Å². The highest BCUT2D eigenvalue weighted by atomic mass is 15.2. The number of benzene rings is 7. The Morgan fingerprint density at radius 3 is 1.67 bits per heavy atom. The quantitative estimate of drug-likeness (QED) is 0.198. The van der Waals surface area contributed by atoms with E-state index in [0.717, 1.165) is 50.3 Å². The highest BCUT2D eigenvalue weighted by Crippen LogP contribution is 2.42. The third-order valence-electron chi connectivity index (χ3n) is 9.51. The maximum atomic E-state index is 5.30. The van der Waals surface area contributed by atoms with E-state index in [1.54, 1.807) is 0 Å². The molecule has 0 aliphatic carbocycles. The monoisotopic (exact) mass is 612 g/mol. The summed E-state index contributed by atoms with van der Waals surface area (Å²) in [7, 11) is 0. The standard InChI is InChI=1S/C44H28N4/c1-3-14-30(15-4-1)37-28-38(31-16-5-2-6-17-31)46-44(45-37)48-39-21-11-9-19-34(39)35-25-26-41-42(43(35)48)36-20-10-12-22-40(36)47(41)33-24-23-29-13-7-8-18-32(29)27-33/h1-28H. The summed E-state index contributed by atoms with van der Waals surface area (Å²) in [6, 6.07) is 60.1. The molecule has 48 heavy (non-hydrogen) atoms. The molecule has 0 amide bonds. The normalized spacial score (nSPS) is 11.8. The van der Waals surface area contributed by atoms with Crippen molar-refractivity contribution in [2.45, 2.75) is 0 Å². The molecule has 0 saturated carbocycles. The Hall–Kier alpha value is -6.52. The van der Waals surface area contributed by atoms with Crippen molar-refractivity contribution in [2.75, 3.05) is 0 Å². The Kier molecular flexibility index (Phi) is 5.84. The van der Waals surface area contributed by atoms with Crippen molar-refractivity contribution in [3.8, 4) is 34.2 Å². The molecule has 3 heterocycles. The second kappa shape index (κ2) is 10.5. The van der Waals surface area contributed by atoms with Gasteiger partial charge in [-0.05, 0) is 47.2 Å². The number of para-hydroxylation sites is 2. The molecule has 0 fully saturated rings. The van der Waals surface area contributed by atoms with E-state index < -0.39 is 0 Å². The first kappa shape index (κ1) is 26.7. The fourth-order valence-electron chi connectivity index (χ4n) is 7.36. The van der Waals surface area contributed by atoms with Crippen LogP contribution in [0.1, 0.15) is 0 Å². The number of fused-ring (bicyclic) bond motifs is 8. The van der Waals surface area contributed by atoms with E-state index in [4.69, 9.17) is 9.97 Å². The Labute approximate surface area is 276 Å². The lowest BCUT2D eigenvalue weighted by molar-refractivity contribution is 0.998. The van der Waals surface area contributed by atoms with E-state index >= 15 is 0 Å². The van der Waals surface area contributed by atoms with E-state index in [0.29, 0.717) is 5.95 Å². The van der Waals surface area contributed by atoms with Gasteiger partial charge in [0.25, 0.3) is 0 Å². The van der Waals surface area contributed by atoms with Gasteiger partial charge in [0.05, 0.1) is 33.5 Å². The van der Waals surface area contributed by atoms with E-state index in [1.165, 1.54) is 32.3 Å². The molecule has 0 atom stereocenters. The SMILES string of the molecule is c1ccc(-c2cc(-c3ccccc3)nc(-n3c4ccccc4c4ccc5c(c6ccccc6n5-c5ccc6ccccc6c5)c43)n2)cc1. The predicted molar refractivity (Wildman–Crippen MR) is 199 cm³/mol. The zero-order chi connectivity index (χ0) is 31.6. The lowest BCUT2D eigenvalue weighted by atomic mass is 10.1. The van der Waals surface area contributed by atoms with Crippen LogP contribution in [0, 0.1) is 0 Å². The van der Waals surface area contributed by atoms with Crippen LogP contribution in [-0.4, -0.2) is 19.1 Å². The van der Waals surface area contributed by atoms with Gasteiger partial charge in [-0.25, -0.2) is 9.97 Å². The van der Waals surface area contributed by atoms with Crippen molar-refractivity contribution in [3.05, 3.63) is 170 Å². The molecule has 0 saturated heterocycles. The predicted octanol–water partition coefficient (Wildman–Crippen LogP) is 11.2. The van der Waals surface area contributed by atoms with Crippen LogP contribution >= 0.6 is 0 Å². The minimum Gasteiger partial charge on any atom is -0.309 e. The molecule has 10 aromatic rings. The van der Waals surface area contributed by atoms with E-state index in [9.17, 15) is 0 Å². The van der Waals surface area contributed by atoms with Crippen molar-refractivity contribution in [2.24, 2.45) is 0 Å². The summed E-state index contributed by atoms with van der Waals surface area (Å²) in [6.45, 7) is 0. The largest absolute Gasteiger partial charge is 0.309 e. The molecular weight excluding hydrogens is 585 g/mol. The number of nitrogens with zero attached hydrogens (tertiary/aromatic N) is 4. The van der Waals surface area contributed by atoms with E-state index in [2.05, 4.69) is 167 Å². The molecule has 0 N–H and O–H groups in total. The van der Waals surface area contributed by atoms with Gasteiger partial charge in [0.2, 0.25) is 5.95 Å².